The lowest BCUT2D eigenvalue weighted by Gasteiger charge is -2.14. The van der Waals surface area contributed by atoms with E-state index >= 15 is 0 Å². The van der Waals surface area contributed by atoms with E-state index in [-0.39, 0.29) is 6.42 Å². The third-order valence-corrected chi connectivity index (χ3v) is 2.63. The van der Waals surface area contributed by atoms with E-state index in [1.54, 1.807) is 0 Å². The number of rotatable bonds is 6. The third kappa shape index (κ3) is 3.79. The van der Waals surface area contributed by atoms with Crippen LogP contribution in [-0.4, -0.2) is 43.9 Å². The van der Waals surface area contributed by atoms with Crippen molar-refractivity contribution in [2.24, 2.45) is 7.05 Å². The number of nitrogens with zero attached hydrogens (tertiary/aromatic N) is 2. The minimum atomic E-state index is -1.28. The number of aromatic nitrogens is 2. The second-order valence-electron chi connectivity index (χ2n) is 4.09. The lowest BCUT2D eigenvalue weighted by Crippen LogP contribution is -2.45. The highest BCUT2D eigenvalue weighted by Crippen LogP contribution is 1.92. The Hall–Kier alpha value is -2.42. The van der Waals surface area contributed by atoms with Crippen LogP contribution in [0.4, 0.5) is 0 Å². The summed E-state index contributed by atoms with van der Waals surface area (Å²) in [7, 11) is 1.27. The molecule has 20 heavy (non-hydrogen) atoms. The zero-order valence-corrected chi connectivity index (χ0v) is 10.8. The van der Waals surface area contributed by atoms with Crippen LogP contribution in [0.25, 0.3) is 0 Å². The summed E-state index contributed by atoms with van der Waals surface area (Å²) in [5, 5.41) is 19.7. The number of nitrogens with one attached hydrogen (secondary N) is 1. The Labute approximate surface area is 113 Å². The smallest absolute Gasteiger partial charge is 0.331 e. The topological polar surface area (TPSA) is 131 Å². The number of hydrogen-bond acceptors (Lipinski definition) is 5. The monoisotopic (exact) mass is 285 g/mol. The maximum Gasteiger partial charge on any atom is 0.331 e. The zero-order valence-electron chi connectivity index (χ0n) is 10.8. The van der Waals surface area contributed by atoms with Gasteiger partial charge in [0.1, 0.15) is 12.6 Å². The van der Waals surface area contributed by atoms with Crippen molar-refractivity contribution >= 4 is 11.9 Å². The molecule has 9 nitrogen and oxygen atoms in total. The summed E-state index contributed by atoms with van der Waals surface area (Å²) in [5.74, 6) is -1.98. The highest BCUT2D eigenvalue weighted by molar-refractivity contribution is 5.83. The molecule has 1 heterocycles. The largest absolute Gasteiger partial charge is 0.480 e. The van der Waals surface area contributed by atoms with Gasteiger partial charge in [-0.1, -0.05) is 0 Å². The molecule has 0 spiro atoms. The summed E-state index contributed by atoms with van der Waals surface area (Å²) < 4.78 is 1.81. The van der Waals surface area contributed by atoms with Crippen molar-refractivity contribution in [3.05, 3.63) is 33.1 Å². The standard InChI is InChI=1S/C11H15N3O6/c1-13-9(17)2-4-14(11(13)20)6-8(16)12-7(3-5-15)10(18)19/h2,4,7,15H,3,5-6H2,1H3,(H,12,16)(H,18,19). The Morgan fingerprint density at radius 1 is 1.40 bits per heavy atom. The van der Waals surface area contributed by atoms with Crippen LogP contribution in [0.2, 0.25) is 0 Å². The van der Waals surface area contributed by atoms with E-state index in [1.165, 1.54) is 7.05 Å². The van der Waals surface area contributed by atoms with Crippen molar-refractivity contribution in [3.8, 4) is 0 Å². The molecule has 9 heteroatoms. The average molecular weight is 285 g/mol. The van der Waals surface area contributed by atoms with Crippen molar-refractivity contribution < 1.29 is 19.8 Å². The molecule has 0 aliphatic carbocycles. The SMILES string of the molecule is Cn1c(=O)ccn(CC(=O)NC(CCO)C(=O)O)c1=O. The summed E-state index contributed by atoms with van der Waals surface area (Å²) in [6.07, 6.45) is 1.02. The first-order valence-electron chi connectivity index (χ1n) is 5.76. The van der Waals surface area contributed by atoms with Gasteiger partial charge in [0.05, 0.1) is 0 Å². The Kier molecular flexibility index (Phi) is 5.21. The molecular weight excluding hydrogens is 270 g/mol. The minimum Gasteiger partial charge on any atom is -0.480 e. The number of aliphatic hydroxyl groups is 1. The highest BCUT2D eigenvalue weighted by Gasteiger charge is 2.19. The lowest BCUT2D eigenvalue weighted by molar-refractivity contribution is -0.142. The van der Waals surface area contributed by atoms with Crippen LogP contribution in [0.3, 0.4) is 0 Å². The fourth-order valence-corrected chi connectivity index (χ4v) is 1.52. The molecule has 0 saturated heterocycles. The maximum absolute atomic E-state index is 11.7. The molecule has 1 aromatic heterocycles. The van der Waals surface area contributed by atoms with E-state index in [9.17, 15) is 19.2 Å². The number of aliphatic carboxylic acids is 1. The van der Waals surface area contributed by atoms with Gasteiger partial charge in [0.25, 0.3) is 5.56 Å². The molecule has 1 amide bonds. The van der Waals surface area contributed by atoms with Gasteiger partial charge < -0.3 is 15.5 Å². The Morgan fingerprint density at radius 3 is 2.60 bits per heavy atom. The van der Waals surface area contributed by atoms with E-state index in [4.69, 9.17) is 10.2 Å². The lowest BCUT2D eigenvalue weighted by atomic mass is 10.2. The van der Waals surface area contributed by atoms with E-state index in [0.29, 0.717) is 0 Å². The van der Waals surface area contributed by atoms with Crippen LogP contribution < -0.4 is 16.6 Å². The summed E-state index contributed by atoms with van der Waals surface area (Å²) in [5.41, 5.74) is -1.18. The molecule has 0 saturated carbocycles. The normalized spacial score (nSPS) is 11.9. The highest BCUT2D eigenvalue weighted by atomic mass is 16.4. The number of hydrogen-bond donors (Lipinski definition) is 3. The number of carbonyl (C=O) groups is 2. The van der Waals surface area contributed by atoms with Gasteiger partial charge in [-0.2, -0.15) is 0 Å². The molecule has 1 atom stereocenters. The summed E-state index contributed by atoms with van der Waals surface area (Å²) >= 11 is 0. The number of carboxylic acids is 1. The Bertz CT molecular complexity index is 617. The molecular formula is C11H15N3O6. The Morgan fingerprint density at radius 2 is 2.05 bits per heavy atom. The van der Waals surface area contributed by atoms with Crippen molar-refractivity contribution in [1.29, 1.82) is 0 Å². The van der Waals surface area contributed by atoms with Gasteiger partial charge in [0, 0.05) is 32.3 Å². The van der Waals surface area contributed by atoms with Gasteiger partial charge in [-0.05, 0) is 0 Å². The van der Waals surface area contributed by atoms with Crippen LogP contribution in [0.5, 0.6) is 0 Å². The molecule has 1 unspecified atom stereocenters. The van der Waals surface area contributed by atoms with Gasteiger partial charge in [-0.25, -0.2) is 9.59 Å². The van der Waals surface area contributed by atoms with Crippen molar-refractivity contribution in [1.82, 2.24) is 14.5 Å². The van der Waals surface area contributed by atoms with Crippen LogP contribution >= 0.6 is 0 Å². The van der Waals surface area contributed by atoms with Gasteiger partial charge in [0.15, 0.2) is 0 Å². The first-order chi connectivity index (χ1) is 9.36. The molecule has 1 aromatic rings. The van der Waals surface area contributed by atoms with Gasteiger partial charge in [0.2, 0.25) is 5.91 Å². The third-order valence-electron chi connectivity index (χ3n) is 2.63. The molecule has 0 bridgehead atoms. The number of carbonyl (C=O) groups excluding carboxylic acids is 1. The minimum absolute atomic E-state index is 0.136. The fraction of sp³-hybridized carbons (Fsp3) is 0.455. The molecule has 1 rings (SSSR count). The molecule has 0 aliphatic heterocycles. The predicted octanol–water partition coefficient (Wildman–Crippen LogP) is -2.50. The van der Waals surface area contributed by atoms with E-state index < -0.39 is 42.3 Å². The van der Waals surface area contributed by atoms with Crippen LogP contribution in [0.15, 0.2) is 21.9 Å². The van der Waals surface area contributed by atoms with Gasteiger partial charge in [-0.15, -0.1) is 0 Å². The molecule has 0 fully saturated rings. The van der Waals surface area contributed by atoms with Crippen molar-refractivity contribution in [2.45, 2.75) is 19.0 Å². The molecule has 3 N–H and O–H groups in total. The Balaban J connectivity index is 2.81. The summed E-state index contributed by atoms with van der Waals surface area (Å²) in [4.78, 5) is 45.3. The maximum atomic E-state index is 11.7. The predicted molar refractivity (Wildman–Crippen MR) is 67.2 cm³/mol. The molecule has 110 valence electrons. The zero-order chi connectivity index (χ0) is 15.3. The first-order valence-corrected chi connectivity index (χ1v) is 5.76. The van der Waals surface area contributed by atoms with Crippen LogP contribution in [0.1, 0.15) is 6.42 Å². The first kappa shape index (κ1) is 15.6. The average Bonchev–Trinajstić information content (AvgIpc) is 2.39. The fourth-order valence-electron chi connectivity index (χ4n) is 1.52. The van der Waals surface area contributed by atoms with Gasteiger partial charge >= 0.3 is 11.7 Å². The number of aliphatic hydroxyl groups excluding tert-OH is 1. The molecule has 0 aromatic carbocycles. The van der Waals surface area contributed by atoms with E-state index in [0.717, 1.165) is 21.4 Å². The van der Waals surface area contributed by atoms with E-state index in [1.807, 2.05) is 0 Å². The molecule has 0 radical (unpaired) electrons. The molecule has 0 aliphatic rings. The van der Waals surface area contributed by atoms with Crippen LogP contribution in [-0.2, 0) is 23.2 Å². The van der Waals surface area contributed by atoms with Crippen LogP contribution in [0, 0.1) is 0 Å². The summed E-state index contributed by atoms with van der Waals surface area (Å²) in [6.45, 7) is -0.806. The van der Waals surface area contributed by atoms with Crippen molar-refractivity contribution in [3.63, 3.8) is 0 Å². The van der Waals surface area contributed by atoms with Gasteiger partial charge in [-0.3, -0.25) is 18.7 Å². The van der Waals surface area contributed by atoms with E-state index in [2.05, 4.69) is 5.32 Å². The van der Waals surface area contributed by atoms with Crippen molar-refractivity contribution in [2.75, 3.05) is 6.61 Å². The number of carboxylic acid groups (broad SMARTS) is 1. The number of amides is 1. The quantitative estimate of drug-likeness (QED) is 0.529. The summed E-state index contributed by atoms with van der Waals surface area (Å²) in [6, 6.07) is -0.104. The second kappa shape index (κ2) is 6.66. The second-order valence-corrected chi connectivity index (χ2v) is 4.09.